The number of ether oxygens (including phenoxy) is 2. The summed E-state index contributed by atoms with van der Waals surface area (Å²) >= 11 is 0. The maximum absolute atomic E-state index is 12.8. The van der Waals surface area contributed by atoms with Gasteiger partial charge in [0, 0.05) is 51.7 Å². The van der Waals surface area contributed by atoms with E-state index in [1.807, 2.05) is 24.3 Å². The molecule has 8 heteroatoms. The molecule has 1 unspecified atom stereocenters. The monoisotopic (exact) mass is 425 g/mol. The summed E-state index contributed by atoms with van der Waals surface area (Å²) in [4.78, 5) is 25.8. The van der Waals surface area contributed by atoms with Crippen molar-refractivity contribution in [1.82, 2.24) is 20.2 Å². The summed E-state index contributed by atoms with van der Waals surface area (Å²) in [6.45, 7) is 7.15. The van der Waals surface area contributed by atoms with Crippen LogP contribution in [0.4, 0.5) is 5.82 Å². The van der Waals surface area contributed by atoms with E-state index >= 15 is 0 Å². The largest absolute Gasteiger partial charge is 0.492 e. The number of nitrogens with zero attached hydrogens (tertiary/aromatic N) is 4. The molecule has 0 spiro atoms. The summed E-state index contributed by atoms with van der Waals surface area (Å²) in [5, 5.41) is 3.10. The first-order valence-electron chi connectivity index (χ1n) is 11.1. The molecule has 2 saturated heterocycles. The predicted molar refractivity (Wildman–Crippen MR) is 118 cm³/mol. The second-order valence-electron chi connectivity index (χ2n) is 8.02. The van der Waals surface area contributed by atoms with Crippen LogP contribution in [0.1, 0.15) is 18.4 Å². The zero-order valence-electron chi connectivity index (χ0n) is 17.9. The maximum Gasteiger partial charge on any atom is 0.225 e. The van der Waals surface area contributed by atoms with Gasteiger partial charge in [-0.3, -0.25) is 14.7 Å². The van der Waals surface area contributed by atoms with Gasteiger partial charge in [0.1, 0.15) is 18.2 Å². The molecule has 3 heterocycles. The highest BCUT2D eigenvalue weighted by Gasteiger charge is 2.26. The van der Waals surface area contributed by atoms with E-state index in [4.69, 9.17) is 9.47 Å². The first-order valence-corrected chi connectivity index (χ1v) is 11.1. The molecule has 1 atom stereocenters. The number of piperidine rings is 1. The summed E-state index contributed by atoms with van der Waals surface area (Å²) in [6, 6.07) is 7.96. The minimum Gasteiger partial charge on any atom is -0.492 e. The standard InChI is InChI=1S/C23H31N5O3/c29-23(20-4-2-8-28(18-20)22-17-24-6-7-25-22)26-16-19-3-1-5-21(15-19)31-14-11-27-9-12-30-13-10-27/h1,3,5-7,15,17,20H,2,4,8-14,16,18H2,(H,26,29). The number of rotatable bonds is 8. The van der Waals surface area contributed by atoms with E-state index in [1.165, 1.54) is 0 Å². The average molecular weight is 426 g/mol. The zero-order valence-corrected chi connectivity index (χ0v) is 17.9. The van der Waals surface area contributed by atoms with E-state index in [2.05, 4.69) is 25.1 Å². The molecule has 2 aromatic rings. The van der Waals surface area contributed by atoms with Crippen LogP contribution in [0.25, 0.3) is 0 Å². The van der Waals surface area contributed by atoms with E-state index in [0.29, 0.717) is 19.7 Å². The number of nitrogens with one attached hydrogen (secondary N) is 1. The molecule has 0 saturated carbocycles. The second-order valence-corrected chi connectivity index (χ2v) is 8.02. The number of morpholine rings is 1. The highest BCUT2D eigenvalue weighted by Crippen LogP contribution is 2.21. The van der Waals surface area contributed by atoms with Crippen LogP contribution in [0.2, 0.25) is 0 Å². The fourth-order valence-electron chi connectivity index (χ4n) is 4.05. The Hall–Kier alpha value is -2.71. The molecule has 2 aliphatic rings. The van der Waals surface area contributed by atoms with Gasteiger partial charge in [-0.15, -0.1) is 0 Å². The van der Waals surface area contributed by atoms with Crippen LogP contribution in [0, 0.1) is 5.92 Å². The molecule has 0 aliphatic carbocycles. The Morgan fingerprint density at radius 3 is 2.97 bits per heavy atom. The van der Waals surface area contributed by atoms with Gasteiger partial charge in [-0.25, -0.2) is 4.98 Å². The van der Waals surface area contributed by atoms with Gasteiger partial charge in [0.25, 0.3) is 0 Å². The molecule has 31 heavy (non-hydrogen) atoms. The number of hydrogen-bond donors (Lipinski definition) is 1. The van der Waals surface area contributed by atoms with Gasteiger partial charge in [-0.2, -0.15) is 0 Å². The molecule has 2 fully saturated rings. The van der Waals surface area contributed by atoms with Crippen molar-refractivity contribution in [3.8, 4) is 5.75 Å². The van der Waals surface area contributed by atoms with E-state index in [1.54, 1.807) is 18.6 Å². The smallest absolute Gasteiger partial charge is 0.225 e. The molecule has 1 amide bonds. The van der Waals surface area contributed by atoms with Crippen LogP contribution >= 0.6 is 0 Å². The minimum absolute atomic E-state index is 0.0382. The van der Waals surface area contributed by atoms with Crippen molar-refractivity contribution in [2.24, 2.45) is 5.92 Å². The van der Waals surface area contributed by atoms with Crippen molar-refractivity contribution < 1.29 is 14.3 Å². The topological polar surface area (TPSA) is 79.8 Å². The normalized spacial score (nSPS) is 19.7. The van der Waals surface area contributed by atoms with E-state index in [9.17, 15) is 4.79 Å². The Morgan fingerprint density at radius 1 is 1.23 bits per heavy atom. The lowest BCUT2D eigenvalue weighted by atomic mass is 9.97. The van der Waals surface area contributed by atoms with Gasteiger partial charge in [0.05, 0.1) is 25.3 Å². The molecule has 1 aromatic carbocycles. The molecule has 1 aromatic heterocycles. The van der Waals surface area contributed by atoms with Crippen molar-refractivity contribution in [3.63, 3.8) is 0 Å². The predicted octanol–water partition coefficient (Wildman–Crippen LogP) is 1.72. The Labute approximate surface area is 183 Å². The van der Waals surface area contributed by atoms with E-state index < -0.39 is 0 Å². The Bertz CT molecular complexity index is 829. The molecular formula is C23H31N5O3. The fraction of sp³-hybridized carbons (Fsp3) is 0.522. The van der Waals surface area contributed by atoms with E-state index in [0.717, 1.165) is 69.4 Å². The minimum atomic E-state index is -0.0382. The van der Waals surface area contributed by atoms with Crippen molar-refractivity contribution >= 4 is 11.7 Å². The number of carbonyl (C=O) groups is 1. The fourth-order valence-corrected chi connectivity index (χ4v) is 4.05. The van der Waals surface area contributed by atoms with Crippen molar-refractivity contribution in [2.75, 3.05) is 57.4 Å². The summed E-state index contributed by atoms with van der Waals surface area (Å²) in [5.74, 6) is 1.73. The lowest BCUT2D eigenvalue weighted by Gasteiger charge is -2.32. The number of anilines is 1. The molecular weight excluding hydrogens is 394 g/mol. The lowest BCUT2D eigenvalue weighted by Crippen LogP contribution is -2.43. The second kappa shape index (κ2) is 11.1. The number of amides is 1. The van der Waals surface area contributed by atoms with Gasteiger partial charge >= 0.3 is 0 Å². The van der Waals surface area contributed by atoms with Crippen LogP contribution in [-0.2, 0) is 16.1 Å². The Morgan fingerprint density at radius 2 is 2.13 bits per heavy atom. The van der Waals surface area contributed by atoms with Crippen molar-refractivity contribution in [1.29, 1.82) is 0 Å². The first kappa shape index (κ1) is 21.5. The number of aromatic nitrogens is 2. The SMILES string of the molecule is O=C(NCc1cccc(OCCN2CCOCC2)c1)C1CCCN(c2cnccn2)C1. The van der Waals surface area contributed by atoms with Crippen LogP contribution in [-0.4, -0.2) is 73.3 Å². The van der Waals surface area contributed by atoms with Crippen LogP contribution < -0.4 is 15.0 Å². The van der Waals surface area contributed by atoms with Gasteiger partial charge in [-0.05, 0) is 30.5 Å². The third-order valence-corrected chi connectivity index (χ3v) is 5.81. The molecule has 8 nitrogen and oxygen atoms in total. The number of hydrogen-bond acceptors (Lipinski definition) is 7. The van der Waals surface area contributed by atoms with Gasteiger partial charge in [0.15, 0.2) is 0 Å². The van der Waals surface area contributed by atoms with Crippen LogP contribution in [0.3, 0.4) is 0 Å². The van der Waals surface area contributed by atoms with Gasteiger partial charge in [0.2, 0.25) is 5.91 Å². The summed E-state index contributed by atoms with van der Waals surface area (Å²) in [5.41, 5.74) is 1.04. The molecule has 0 bridgehead atoms. The van der Waals surface area contributed by atoms with Crippen molar-refractivity contribution in [2.45, 2.75) is 19.4 Å². The highest BCUT2D eigenvalue weighted by atomic mass is 16.5. The molecule has 2 aliphatic heterocycles. The molecule has 0 radical (unpaired) electrons. The van der Waals surface area contributed by atoms with Crippen LogP contribution in [0.15, 0.2) is 42.9 Å². The quantitative estimate of drug-likeness (QED) is 0.690. The number of benzene rings is 1. The average Bonchev–Trinajstić information content (AvgIpc) is 2.84. The van der Waals surface area contributed by atoms with Crippen molar-refractivity contribution in [3.05, 3.63) is 48.4 Å². The highest BCUT2D eigenvalue weighted by molar-refractivity contribution is 5.79. The third-order valence-electron chi connectivity index (χ3n) is 5.81. The maximum atomic E-state index is 12.8. The summed E-state index contributed by atoms with van der Waals surface area (Å²) < 4.78 is 11.3. The molecule has 166 valence electrons. The van der Waals surface area contributed by atoms with Gasteiger partial charge in [-0.1, -0.05) is 12.1 Å². The Kier molecular flexibility index (Phi) is 7.68. The molecule has 4 rings (SSSR count). The Balaban J connectivity index is 1.23. The number of carbonyl (C=O) groups excluding carboxylic acids is 1. The third kappa shape index (κ3) is 6.38. The summed E-state index contributed by atoms with van der Waals surface area (Å²) in [7, 11) is 0. The first-order chi connectivity index (χ1) is 15.3. The van der Waals surface area contributed by atoms with E-state index in [-0.39, 0.29) is 11.8 Å². The zero-order chi connectivity index (χ0) is 21.3. The molecule has 1 N–H and O–H groups in total. The lowest BCUT2D eigenvalue weighted by molar-refractivity contribution is -0.125. The van der Waals surface area contributed by atoms with Gasteiger partial charge < -0.3 is 19.7 Å². The summed E-state index contributed by atoms with van der Waals surface area (Å²) in [6.07, 6.45) is 6.98. The van der Waals surface area contributed by atoms with Crippen LogP contribution in [0.5, 0.6) is 5.75 Å².